The van der Waals surface area contributed by atoms with E-state index < -0.39 is 0 Å². The van der Waals surface area contributed by atoms with Gasteiger partial charge in [-0.15, -0.1) is 0 Å². The highest BCUT2D eigenvalue weighted by atomic mass is 16.5. The van der Waals surface area contributed by atoms with Gasteiger partial charge in [-0.3, -0.25) is 0 Å². The fraction of sp³-hybridized carbons (Fsp3) is 1.00. The summed E-state index contributed by atoms with van der Waals surface area (Å²) in [6, 6.07) is 0.339. The van der Waals surface area contributed by atoms with E-state index in [0.29, 0.717) is 17.9 Å². The van der Waals surface area contributed by atoms with Crippen LogP contribution in [0.3, 0.4) is 0 Å². The van der Waals surface area contributed by atoms with Gasteiger partial charge >= 0.3 is 0 Å². The molecule has 1 fully saturated rings. The molecule has 1 saturated heterocycles. The molecule has 0 aliphatic carbocycles. The monoisotopic (exact) mass is 214 g/mol. The normalized spacial score (nSPS) is 25.0. The largest absolute Gasteiger partial charge is 0.380 e. The smallest absolute Gasteiger partial charge is 0.0593 e. The molecule has 0 aromatic heterocycles. The van der Waals surface area contributed by atoms with Gasteiger partial charge in [0.15, 0.2) is 0 Å². The highest BCUT2D eigenvalue weighted by Gasteiger charge is 2.24. The zero-order chi connectivity index (χ0) is 11.3. The van der Waals surface area contributed by atoms with Gasteiger partial charge in [-0.1, -0.05) is 13.8 Å². The Bertz CT molecular complexity index is 171. The first-order chi connectivity index (χ1) is 7.09. The third-order valence-electron chi connectivity index (χ3n) is 3.06. The average Bonchev–Trinajstić information content (AvgIpc) is 2.60. The zero-order valence-corrected chi connectivity index (χ0v) is 10.4. The number of nitrogens with two attached hydrogens (primary N) is 1. The van der Waals surface area contributed by atoms with E-state index in [1.54, 1.807) is 0 Å². The van der Waals surface area contributed by atoms with Crippen molar-refractivity contribution in [1.29, 1.82) is 0 Å². The van der Waals surface area contributed by atoms with Crippen LogP contribution in [0.1, 0.15) is 27.2 Å². The van der Waals surface area contributed by atoms with Crippen LogP contribution in [0.25, 0.3) is 0 Å². The Morgan fingerprint density at radius 3 is 2.67 bits per heavy atom. The first-order valence-corrected chi connectivity index (χ1v) is 6.15. The molecular weight excluding hydrogens is 188 g/mol. The van der Waals surface area contributed by atoms with E-state index in [0.717, 1.165) is 26.3 Å². The lowest BCUT2D eigenvalue weighted by Gasteiger charge is -2.18. The molecule has 2 unspecified atom stereocenters. The summed E-state index contributed by atoms with van der Waals surface area (Å²) in [4.78, 5) is 2.47. The van der Waals surface area contributed by atoms with Crippen LogP contribution < -0.4 is 5.73 Å². The molecule has 0 aromatic carbocycles. The Morgan fingerprint density at radius 2 is 2.13 bits per heavy atom. The second kappa shape index (κ2) is 6.46. The minimum atomic E-state index is 0.339. The van der Waals surface area contributed by atoms with Crippen LogP contribution in [0.4, 0.5) is 0 Å². The third-order valence-corrected chi connectivity index (χ3v) is 3.06. The summed E-state index contributed by atoms with van der Waals surface area (Å²) in [6.45, 7) is 11.6. The lowest BCUT2D eigenvalue weighted by atomic mass is 10.0. The van der Waals surface area contributed by atoms with Gasteiger partial charge in [-0.05, 0) is 31.7 Å². The first kappa shape index (κ1) is 12.9. The molecule has 0 saturated carbocycles. The molecule has 1 aliphatic heterocycles. The molecule has 1 aliphatic rings. The van der Waals surface area contributed by atoms with Crippen molar-refractivity contribution in [2.24, 2.45) is 17.6 Å². The summed E-state index contributed by atoms with van der Waals surface area (Å²) in [5.74, 6) is 1.33. The van der Waals surface area contributed by atoms with Crippen LogP contribution >= 0.6 is 0 Å². The van der Waals surface area contributed by atoms with Gasteiger partial charge in [0.05, 0.1) is 6.61 Å². The molecule has 2 N–H and O–H groups in total. The number of nitrogens with zero attached hydrogens (tertiary/aromatic N) is 1. The highest BCUT2D eigenvalue weighted by molar-refractivity contribution is 4.80. The molecule has 3 nitrogen and oxygen atoms in total. The molecule has 90 valence electrons. The molecular formula is C12H26N2O. The van der Waals surface area contributed by atoms with Gasteiger partial charge in [-0.2, -0.15) is 0 Å². The summed E-state index contributed by atoms with van der Waals surface area (Å²) in [6.07, 6.45) is 1.25. The maximum atomic E-state index is 5.90. The quantitative estimate of drug-likeness (QED) is 0.678. The average molecular weight is 214 g/mol. The molecule has 1 rings (SSSR count). The zero-order valence-electron chi connectivity index (χ0n) is 10.4. The van der Waals surface area contributed by atoms with E-state index in [2.05, 4.69) is 25.7 Å². The fourth-order valence-electron chi connectivity index (χ4n) is 2.01. The summed E-state index contributed by atoms with van der Waals surface area (Å²) in [5, 5.41) is 0. The molecule has 1 heterocycles. The molecule has 3 heteroatoms. The highest BCUT2D eigenvalue weighted by Crippen LogP contribution is 2.17. The van der Waals surface area contributed by atoms with Crippen molar-refractivity contribution < 1.29 is 4.74 Å². The third kappa shape index (κ3) is 4.96. The molecule has 0 bridgehead atoms. The van der Waals surface area contributed by atoms with E-state index >= 15 is 0 Å². The number of hydrogen-bond acceptors (Lipinski definition) is 3. The Balaban J connectivity index is 2.04. The molecule has 0 aromatic rings. The summed E-state index contributed by atoms with van der Waals surface area (Å²) in [5.41, 5.74) is 5.90. The van der Waals surface area contributed by atoms with Crippen LogP contribution in [0, 0.1) is 11.8 Å². The van der Waals surface area contributed by atoms with Gasteiger partial charge in [0, 0.05) is 25.7 Å². The SMILES string of the molecule is CC(C)COCCN1CCC(C(C)N)C1. The lowest BCUT2D eigenvalue weighted by molar-refractivity contribution is 0.0901. The van der Waals surface area contributed by atoms with Crippen molar-refractivity contribution in [3.8, 4) is 0 Å². The molecule has 15 heavy (non-hydrogen) atoms. The van der Waals surface area contributed by atoms with E-state index in [-0.39, 0.29) is 0 Å². The van der Waals surface area contributed by atoms with Crippen molar-refractivity contribution in [2.45, 2.75) is 33.2 Å². The summed E-state index contributed by atoms with van der Waals surface area (Å²) < 4.78 is 5.58. The molecule has 0 amide bonds. The topological polar surface area (TPSA) is 38.5 Å². The predicted octanol–water partition coefficient (Wildman–Crippen LogP) is 1.33. The van der Waals surface area contributed by atoms with Gasteiger partial charge < -0.3 is 15.4 Å². The van der Waals surface area contributed by atoms with Crippen LogP contribution in [-0.2, 0) is 4.74 Å². The van der Waals surface area contributed by atoms with Crippen LogP contribution in [-0.4, -0.2) is 43.8 Å². The van der Waals surface area contributed by atoms with Crippen molar-refractivity contribution in [2.75, 3.05) is 32.8 Å². The Hall–Kier alpha value is -0.120. The van der Waals surface area contributed by atoms with Gasteiger partial charge in [-0.25, -0.2) is 0 Å². The van der Waals surface area contributed by atoms with Crippen LogP contribution in [0.2, 0.25) is 0 Å². The molecule has 2 atom stereocenters. The predicted molar refractivity (Wildman–Crippen MR) is 63.9 cm³/mol. The van der Waals surface area contributed by atoms with E-state index in [9.17, 15) is 0 Å². The second-order valence-electron chi connectivity index (χ2n) is 5.18. The lowest BCUT2D eigenvalue weighted by Crippen LogP contribution is -2.31. The number of rotatable bonds is 6. The van der Waals surface area contributed by atoms with Crippen molar-refractivity contribution in [3.05, 3.63) is 0 Å². The van der Waals surface area contributed by atoms with E-state index in [4.69, 9.17) is 10.5 Å². The van der Waals surface area contributed by atoms with Crippen molar-refractivity contribution in [3.63, 3.8) is 0 Å². The maximum absolute atomic E-state index is 5.90. The second-order valence-corrected chi connectivity index (χ2v) is 5.18. The Labute approximate surface area is 94.0 Å². The molecule has 0 radical (unpaired) electrons. The molecule has 0 spiro atoms. The first-order valence-electron chi connectivity index (χ1n) is 6.15. The fourth-order valence-corrected chi connectivity index (χ4v) is 2.01. The Kier molecular flexibility index (Phi) is 5.58. The van der Waals surface area contributed by atoms with E-state index in [1.807, 2.05) is 0 Å². The van der Waals surface area contributed by atoms with Crippen molar-refractivity contribution in [1.82, 2.24) is 4.90 Å². The number of hydrogen-bond donors (Lipinski definition) is 1. The van der Waals surface area contributed by atoms with Gasteiger partial charge in [0.2, 0.25) is 0 Å². The number of ether oxygens (including phenoxy) is 1. The summed E-state index contributed by atoms with van der Waals surface area (Å²) in [7, 11) is 0. The Morgan fingerprint density at radius 1 is 1.40 bits per heavy atom. The minimum absolute atomic E-state index is 0.339. The van der Waals surface area contributed by atoms with Crippen molar-refractivity contribution >= 4 is 0 Å². The van der Waals surface area contributed by atoms with Crippen LogP contribution in [0.15, 0.2) is 0 Å². The van der Waals surface area contributed by atoms with Gasteiger partial charge in [0.25, 0.3) is 0 Å². The summed E-state index contributed by atoms with van der Waals surface area (Å²) >= 11 is 0. The minimum Gasteiger partial charge on any atom is -0.380 e. The van der Waals surface area contributed by atoms with Crippen LogP contribution in [0.5, 0.6) is 0 Å². The van der Waals surface area contributed by atoms with Gasteiger partial charge in [0.1, 0.15) is 0 Å². The van der Waals surface area contributed by atoms with E-state index in [1.165, 1.54) is 13.0 Å². The standard InChI is InChI=1S/C12H26N2O/c1-10(2)9-15-7-6-14-5-4-12(8-14)11(3)13/h10-12H,4-9,13H2,1-3H3. The maximum Gasteiger partial charge on any atom is 0.0593 e. The number of likely N-dealkylation sites (tertiary alicyclic amines) is 1.